The van der Waals surface area contributed by atoms with E-state index in [9.17, 15) is 27.2 Å². The zero-order chi connectivity index (χ0) is 22.5. The third kappa shape index (κ3) is 9.64. The third-order valence-corrected chi connectivity index (χ3v) is 9.48. The summed E-state index contributed by atoms with van der Waals surface area (Å²) in [5.74, 6) is -1.23. The number of sulfone groups is 1. The standard InChI is InChI=1S/C19H33NO6S3/c1-3-4-5-6-7-8-9-10-11-12-16(28(23)24)18(27)29(25,26)19(2,15-20)14-13-17(21)22/h16H,3-14H2,1-2H3,(H,21,22)(H,23,24). The average Bonchev–Trinajstić information content (AvgIpc) is 2.66. The molecule has 0 spiro atoms. The fraction of sp³-hybridized carbons (Fsp3) is 0.842. The molecule has 0 aliphatic rings. The van der Waals surface area contributed by atoms with E-state index in [1.54, 1.807) is 6.07 Å². The summed E-state index contributed by atoms with van der Waals surface area (Å²) in [6, 6.07) is 1.63. The molecule has 3 unspecified atom stereocenters. The second-order valence-electron chi connectivity index (χ2n) is 7.44. The van der Waals surface area contributed by atoms with E-state index in [0.717, 1.165) is 32.6 Å². The van der Waals surface area contributed by atoms with Crippen molar-refractivity contribution in [1.29, 1.82) is 5.26 Å². The SMILES string of the molecule is CCCCCCCCCCCC(C(=S)S(=O)(=O)C(C)(C#N)CCC(=O)O)S(=O)O. The van der Waals surface area contributed by atoms with Crippen molar-refractivity contribution in [2.24, 2.45) is 0 Å². The summed E-state index contributed by atoms with van der Waals surface area (Å²) in [4.78, 5) is 10.8. The molecule has 10 heteroatoms. The second-order valence-corrected chi connectivity index (χ2v) is 11.6. The first kappa shape index (κ1) is 28.1. The van der Waals surface area contributed by atoms with Crippen LogP contribution in [-0.4, -0.2) is 42.4 Å². The van der Waals surface area contributed by atoms with Crippen molar-refractivity contribution < 1.29 is 27.1 Å². The fourth-order valence-electron chi connectivity index (χ4n) is 2.93. The van der Waals surface area contributed by atoms with Crippen molar-refractivity contribution >= 4 is 43.3 Å². The van der Waals surface area contributed by atoms with E-state index in [2.05, 4.69) is 6.92 Å². The summed E-state index contributed by atoms with van der Waals surface area (Å²) in [5.41, 5.74) is 0. The number of hydrogen-bond donors (Lipinski definition) is 2. The van der Waals surface area contributed by atoms with Crippen LogP contribution >= 0.6 is 12.2 Å². The number of thiocarbonyl (C=S) groups is 1. The molecule has 3 atom stereocenters. The number of aliphatic carboxylic acids is 1. The molecule has 168 valence electrons. The maximum atomic E-state index is 12.8. The minimum absolute atomic E-state index is 0.136. The molecule has 0 amide bonds. The van der Waals surface area contributed by atoms with Gasteiger partial charge in [-0.3, -0.25) is 4.79 Å². The predicted octanol–water partition coefficient (Wildman–Crippen LogP) is 4.39. The number of nitrogens with zero attached hydrogens (tertiary/aromatic N) is 1. The third-order valence-electron chi connectivity index (χ3n) is 4.99. The number of hydrogen-bond acceptors (Lipinski definition) is 6. The summed E-state index contributed by atoms with van der Waals surface area (Å²) < 4.78 is 44.2. The maximum absolute atomic E-state index is 12.8. The van der Waals surface area contributed by atoms with Crippen LogP contribution in [0.25, 0.3) is 0 Å². The number of carbonyl (C=O) groups is 1. The van der Waals surface area contributed by atoms with Gasteiger partial charge < -0.3 is 9.66 Å². The van der Waals surface area contributed by atoms with Crippen LogP contribution in [0.4, 0.5) is 0 Å². The van der Waals surface area contributed by atoms with Gasteiger partial charge in [-0.1, -0.05) is 76.9 Å². The lowest BCUT2D eigenvalue weighted by atomic mass is 10.1. The fourth-order valence-corrected chi connectivity index (χ4v) is 6.41. The highest BCUT2D eigenvalue weighted by atomic mass is 32.2. The van der Waals surface area contributed by atoms with Crippen LogP contribution in [-0.2, 0) is 25.7 Å². The van der Waals surface area contributed by atoms with E-state index in [4.69, 9.17) is 17.3 Å². The molecule has 29 heavy (non-hydrogen) atoms. The first-order valence-corrected chi connectivity index (χ1v) is 13.1. The molecule has 0 saturated carbocycles. The first-order valence-electron chi connectivity index (χ1n) is 10.0. The molecule has 2 N–H and O–H groups in total. The van der Waals surface area contributed by atoms with Crippen molar-refractivity contribution in [3.05, 3.63) is 0 Å². The van der Waals surface area contributed by atoms with Gasteiger partial charge in [-0.05, 0) is 19.8 Å². The van der Waals surface area contributed by atoms with Crippen LogP contribution in [0, 0.1) is 11.3 Å². The summed E-state index contributed by atoms with van der Waals surface area (Å²) in [6.45, 7) is 3.27. The average molecular weight is 468 g/mol. The highest BCUT2D eigenvalue weighted by molar-refractivity contribution is 8.19. The van der Waals surface area contributed by atoms with Gasteiger partial charge in [0.05, 0.1) is 6.07 Å². The Morgan fingerprint density at radius 3 is 2.03 bits per heavy atom. The topological polar surface area (TPSA) is 133 Å². The number of carboxylic acid groups (broad SMARTS) is 1. The predicted molar refractivity (Wildman–Crippen MR) is 119 cm³/mol. The molecule has 0 aliphatic heterocycles. The molecule has 0 radical (unpaired) electrons. The maximum Gasteiger partial charge on any atom is 0.303 e. The van der Waals surface area contributed by atoms with Gasteiger partial charge >= 0.3 is 5.97 Å². The Morgan fingerprint density at radius 1 is 1.14 bits per heavy atom. The van der Waals surface area contributed by atoms with E-state index in [-0.39, 0.29) is 6.42 Å². The molecule has 0 rings (SSSR count). The van der Waals surface area contributed by atoms with Crippen LogP contribution in [0.2, 0.25) is 0 Å². The highest BCUT2D eigenvalue weighted by Crippen LogP contribution is 2.28. The molecular weight excluding hydrogens is 434 g/mol. The van der Waals surface area contributed by atoms with Crippen LogP contribution in [0.3, 0.4) is 0 Å². The smallest absolute Gasteiger partial charge is 0.303 e. The summed E-state index contributed by atoms with van der Waals surface area (Å²) >= 11 is 2.51. The molecule has 0 aromatic carbocycles. The van der Waals surface area contributed by atoms with Gasteiger partial charge in [0, 0.05) is 6.42 Å². The Kier molecular flexibility index (Phi) is 13.7. The van der Waals surface area contributed by atoms with Crippen molar-refractivity contribution in [3.63, 3.8) is 0 Å². The Labute approximate surface area is 182 Å². The lowest BCUT2D eigenvalue weighted by Gasteiger charge is -2.24. The van der Waals surface area contributed by atoms with E-state index >= 15 is 0 Å². The molecule has 0 fully saturated rings. The molecular formula is C19H33NO6S3. The Morgan fingerprint density at radius 2 is 1.62 bits per heavy atom. The lowest BCUT2D eigenvalue weighted by molar-refractivity contribution is -0.137. The Hall–Kier alpha value is -0.890. The number of carboxylic acids is 1. The lowest BCUT2D eigenvalue weighted by Crippen LogP contribution is -2.43. The van der Waals surface area contributed by atoms with Gasteiger partial charge in [-0.15, -0.1) is 0 Å². The molecule has 7 nitrogen and oxygen atoms in total. The van der Waals surface area contributed by atoms with E-state index < -0.39 is 53.9 Å². The Balaban J connectivity index is 4.81. The van der Waals surface area contributed by atoms with Crippen LogP contribution in [0.1, 0.15) is 90.9 Å². The minimum Gasteiger partial charge on any atom is -0.481 e. The first-order chi connectivity index (χ1) is 13.5. The van der Waals surface area contributed by atoms with E-state index in [1.807, 2.05) is 0 Å². The quantitative estimate of drug-likeness (QED) is 0.194. The number of unbranched alkanes of at least 4 members (excludes halogenated alkanes) is 8. The van der Waals surface area contributed by atoms with Gasteiger partial charge in [0.2, 0.25) is 9.84 Å². The zero-order valence-electron chi connectivity index (χ0n) is 17.3. The Bertz CT molecular complexity index is 701. The largest absolute Gasteiger partial charge is 0.481 e. The minimum atomic E-state index is -4.40. The van der Waals surface area contributed by atoms with Gasteiger partial charge in [-0.2, -0.15) is 5.26 Å². The van der Waals surface area contributed by atoms with Gasteiger partial charge in [0.1, 0.15) is 9.45 Å². The van der Waals surface area contributed by atoms with E-state index in [1.165, 1.54) is 25.7 Å². The molecule has 0 saturated heterocycles. The van der Waals surface area contributed by atoms with Crippen molar-refractivity contribution in [2.45, 2.75) is 101 Å². The van der Waals surface area contributed by atoms with Gasteiger partial charge in [-0.25, -0.2) is 12.6 Å². The summed E-state index contributed by atoms with van der Waals surface area (Å²) in [7, 11) is -4.40. The van der Waals surface area contributed by atoms with Crippen molar-refractivity contribution in [2.75, 3.05) is 0 Å². The molecule has 0 aromatic heterocycles. The number of nitriles is 1. The molecule has 0 aliphatic carbocycles. The highest BCUT2D eigenvalue weighted by Gasteiger charge is 2.45. The van der Waals surface area contributed by atoms with Gasteiger partial charge in [0.15, 0.2) is 15.8 Å². The monoisotopic (exact) mass is 467 g/mol. The summed E-state index contributed by atoms with van der Waals surface area (Å²) in [5, 5.41) is 16.9. The van der Waals surface area contributed by atoms with Crippen LogP contribution < -0.4 is 0 Å². The van der Waals surface area contributed by atoms with Gasteiger partial charge in [0.25, 0.3) is 0 Å². The van der Waals surface area contributed by atoms with Crippen molar-refractivity contribution in [3.8, 4) is 6.07 Å². The number of rotatable bonds is 16. The molecule has 0 aromatic rings. The second kappa shape index (κ2) is 14.2. The zero-order valence-corrected chi connectivity index (χ0v) is 19.7. The normalized spacial score (nSPS) is 15.8. The van der Waals surface area contributed by atoms with E-state index in [0.29, 0.717) is 6.42 Å². The van der Waals surface area contributed by atoms with Crippen molar-refractivity contribution in [1.82, 2.24) is 0 Å². The van der Waals surface area contributed by atoms with Crippen LogP contribution in [0.15, 0.2) is 0 Å². The van der Waals surface area contributed by atoms with Crippen LogP contribution in [0.5, 0.6) is 0 Å². The molecule has 0 heterocycles. The molecule has 0 bridgehead atoms. The summed E-state index contributed by atoms with van der Waals surface area (Å²) in [6.07, 6.45) is 8.58.